The van der Waals surface area contributed by atoms with Crippen molar-refractivity contribution in [1.29, 1.82) is 0 Å². The van der Waals surface area contributed by atoms with Crippen molar-refractivity contribution in [3.8, 4) is 33.4 Å². The van der Waals surface area contributed by atoms with Crippen molar-refractivity contribution >= 4 is 50.0 Å². The number of anilines is 5. The van der Waals surface area contributed by atoms with E-state index in [1.54, 1.807) is 0 Å². The standard InChI is InChI=1S/C56H40N2/c1-2-16-39(17-3-1)40-32-35-44(36-33-40)57-54-28-12-11-27-50(54)51-37-34-43(38-56(51)57)45-22-8-9-25-48(45)49-26-10-13-29-55(49)58(52-30-14-20-41-18-4-6-23-46(41)52)53-31-15-21-42-19-5-7-24-47(42)53/h1-26,28-38,50H,27H2. The monoisotopic (exact) mass is 740 g/mol. The van der Waals surface area contributed by atoms with Gasteiger partial charge in [-0.25, -0.2) is 0 Å². The van der Waals surface area contributed by atoms with Crippen LogP contribution in [0.5, 0.6) is 0 Å². The van der Waals surface area contributed by atoms with Crippen LogP contribution >= 0.6 is 0 Å². The molecule has 1 atom stereocenters. The molecule has 0 bridgehead atoms. The second-order valence-electron chi connectivity index (χ2n) is 15.2. The molecule has 0 amide bonds. The van der Waals surface area contributed by atoms with Gasteiger partial charge in [-0.3, -0.25) is 0 Å². The Morgan fingerprint density at radius 1 is 0.431 bits per heavy atom. The molecule has 0 N–H and O–H groups in total. The van der Waals surface area contributed by atoms with Crippen molar-refractivity contribution in [2.24, 2.45) is 0 Å². The largest absolute Gasteiger partial charge is 0.313 e. The van der Waals surface area contributed by atoms with Crippen molar-refractivity contribution in [2.45, 2.75) is 12.3 Å². The Balaban J connectivity index is 1.07. The van der Waals surface area contributed by atoms with Crippen LogP contribution in [-0.4, -0.2) is 0 Å². The Labute approximate surface area is 339 Å². The lowest BCUT2D eigenvalue weighted by molar-refractivity contribution is 0.819. The molecular formula is C56H40N2. The molecule has 0 aromatic heterocycles. The van der Waals surface area contributed by atoms with Gasteiger partial charge in [-0.05, 0) is 93.0 Å². The number of nitrogens with zero attached hydrogens (tertiary/aromatic N) is 2. The van der Waals surface area contributed by atoms with Crippen LogP contribution in [0.15, 0.2) is 230 Å². The molecule has 58 heavy (non-hydrogen) atoms. The molecule has 11 rings (SSSR count). The van der Waals surface area contributed by atoms with E-state index < -0.39 is 0 Å². The molecule has 9 aromatic rings. The Hall–Kier alpha value is -7.42. The van der Waals surface area contributed by atoms with Gasteiger partial charge in [0.1, 0.15) is 0 Å². The lowest BCUT2D eigenvalue weighted by Crippen LogP contribution is -2.14. The van der Waals surface area contributed by atoms with E-state index in [1.807, 2.05) is 0 Å². The summed E-state index contributed by atoms with van der Waals surface area (Å²) in [7, 11) is 0. The third-order valence-corrected chi connectivity index (χ3v) is 12.0. The number of rotatable bonds is 7. The molecule has 0 saturated heterocycles. The van der Waals surface area contributed by atoms with E-state index in [0.29, 0.717) is 5.92 Å². The molecule has 1 unspecified atom stereocenters. The Morgan fingerprint density at radius 2 is 0.983 bits per heavy atom. The van der Waals surface area contributed by atoms with Gasteiger partial charge in [0.2, 0.25) is 0 Å². The molecule has 0 saturated carbocycles. The molecule has 2 aliphatic rings. The van der Waals surface area contributed by atoms with Crippen molar-refractivity contribution in [1.82, 2.24) is 0 Å². The number of fused-ring (bicyclic) bond motifs is 5. The van der Waals surface area contributed by atoms with Crippen LogP contribution in [0.1, 0.15) is 17.9 Å². The van der Waals surface area contributed by atoms with Crippen molar-refractivity contribution in [3.05, 3.63) is 236 Å². The minimum absolute atomic E-state index is 0.328. The quantitative estimate of drug-likeness (QED) is 0.161. The first-order chi connectivity index (χ1) is 28.8. The van der Waals surface area contributed by atoms with E-state index in [1.165, 1.54) is 77.6 Å². The summed E-state index contributed by atoms with van der Waals surface area (Å²) >= 11 is 0. The highest BCUT2D eigenvalue weighted by Crippen LogP contribution is 2.53. The van der Waals surface area contributed by atoms with E-state index >= 15 is 0 Å². The van der Waals surface area contributed by atoms with Crippen molar-refractivity contribution in [3.63, 3.8) is 0 Å². The van der Waals surface area contributed by atoms with Crippen LogP contribution in [0.25, 0.3) is 54.9 Å². The highest BCUT2D eigenvalue weighted by molar-refractivity contribution is 6.07. The normalized spacial score (nSPS) is 14.3. The summed E-state index contributed by atoms with van der Waals surface area (Å²) < 4.78 is 0. The van der Waals surface area contributed by atoms with Crippen LogP contribution in [0.2, 0.25) is 0 Å². The van der Waals surface area contributed by atoms with Crippen LogP contribution in [0.4, 0.5) is 28.4 Å². The molecule has 2 nitrogen and oxygen atoms in total. The summed E-state index contributed by atoms with van der Waals surface area (Å²) in [5, 5.41) is 4.85. The predicted molar refractivity (Wildman–Crippen MR) is 246 cm³/mol. The second-order valence-corrected chi connectivity index (χ2v) is 15.2. The van der Waals surface area contributed by atoms with Crippen LogP contribution in [0, 0.1) is 0 Å². The second kappa shape index (κ2) is 14.3. The topological polar surface area (TPSA) is 6.48 Å². The highest BCUT2D eigenvalue weighted by Gasteiger charge is 2.35. The molecule has 274 valence electrons. The zero-order chi connectivity index (χ0) is 38.4. The first-order valence-corrected chi connectivity index (χ1v) is 20.2. The molecule has 1 aliphatic heterocycles. The first-order valence-electron chi connectivity index (χ1n) is 20.2. The zero-order valence-corrected chi connectivity index (χ0v) is 32.0. The summed E-state index contributed by atoms with van der Waals surface area (Å²) in [6.07, 6.45) is 7.82. The molecule has 0 spiro atoms. The van der Waals surface area contributed by atoms with Gasteiger partial charge in [-0.2, -0.15) is 0 Å². The number of benzene rings is 9. The average Bonchev–Trinajstić information content (AvgIpc) is 3.63. The van der Waals surface area contributed by atoms with E-state index in [4.69, 9.17) is 0 Å². The smallest absolute Gasteiger partial charge is 0.0540 e. The molecular weight excluding hydrogens is 701 g/mol. The Kier molecular flexibility index (Phi) is 8.33. The summed E-state index contributed by atoms with van der Waals surface area (Å²) in [6, 6.07) is 75.4. The number of hydrogen-bond donors (Lipinski definition) is 0. The van der Waals surface area contributed by atoms with Gasteiger partial charge in [-0.1, -0.05) is 182 Å². The average molecular weight is 741 g/mol. The number of hydrogen-bond acceptors (Lipinski definition) is 2. The van der Waals surface area contributed by atoms with Gasteiger partial charge in [0.15, 0.2) is 0 Å². The fourth-order valence-electron chi connectivity index (χ4n) is 9.26. The van der Waals surface area contributed by atoms with E-state index in [9.17, 15) is 0 Å². The summed E-state index contributed by atoms with van der Waals surface area (Å²) in [4.78, 5) is 4.96. The number of para-hydroxylation sites is 1. The van der Waals surface area contributed by atoms with E-state index in [0.717, 1.165) is 23.5 Å². The molecule has 0 radical (unpaired) electrons. The highest BCUT2D eigenvalue weighted by atomic mass is 15.2. The zero-order valence-electron chi connectivity index (χ0n) is 32.0. The lowest BCUT2D eigenvalue weighted by Gasteiger charge is -2.30. The fourth-order valence-corrected chi connectivity index (χ4v) is 9.26. The van der Waals surface area contributed by atoms with Gasteiger partial charge >= 0.3 is 0 Å². The first kappa shape index (κ1) is 33.9. The van der Waals surface area contributed by atoms with Crippen molar-refractivity contribution < 1.29 is 0 Å². The van der Waals surface area contributed by atoms with Gasteiger partial charge in [0.05, 0.1) is 22.7 Å². The molecule has 9 aromatic carbocycles. The summed E-state index contributed by atoms with van der Waals surface area (Å²) in [5.74, 6) is 0.328. The maximum Gasteiger partial charge on any atom is 0.0540 e. The van der Waals surface area contributed by atoms with Crippen molar-refractivity contribution in [2.75, 3.05) is 9.80 Å². The Bertz CT molecular complexity index is 2960. The molecule has 2 heteroatoms. The minimum Gasteiger partial charge on any atom is -0.313 e. The van der Waals surface area contributed by atoms with Crippen LogP contribution < -0.4 is 9.80 Å². The lowest BCUT2D eigenvalue weighted by atomic mass is 9.89. The molecule has 1 aliphatic carbocycles. The maximum atomic E-state index is 2.49. The third-order valence-electron chi connectivity index (χ3n) is 12.0. The van der Waals surface area contributed by atoms with E-state index in [2.05, 4.69) is 234 Å². The Morgan fingerprint density at radius 3 is 1.71 bits per heavy atom. The van der Waals surface area contributed by atoms with Gasteiger partial charge < -0.3 is 9.80 Å². The minimum atomic E-state index is 0.328. The maximum absolute atomic E-state index is 2.49. The third kappa shape index (κ3) is 5.73. The molecule has 1 heterocycles. The summed E-state index contributed by atoms with van der Waals surface area (Å²) in [6.45, 7) is 0. The van der Waals surface area contributed by atoms with Gasteiger partial charge in [0.25, 0.3) is 0 Å². The fraction of sp³-hybridized carbons (Fsp3) is 0.0357. The van der Waals surface area contributed by atoms with Crippen LogP contribution in [-0.2, 0) is 0 Å². The molecule has 0 fully saturated rings. The predicted octanol–water partition coefficient (Wildman–Crippen LogP) is 15.5. The number of allylic oxidation sites excluding steroid dienone is 4. The SMILES string of the molecule is C1=CCC2C(=C1)N(c1ccc(-c3ccccc3)cc1)c1cc(-c3ccccc3-c3ccccc3N(c3cccc4ccccc34)c3cccc4ccccc34)ccc12. The summed E-state index contributed by atoms with van der Waals surface area (Å²) in [5.41, 5.74) is 15.8. The van der Waals surface area contributed by atoms with Gasteiger partial charge in [0, 0.05) is 33.6 Å². The van der Waals surface area contributed by atoms with Crippen LogP contribution in [0.3, 0.4) is 0 Å². The van der Waals surface area contributed by atoms with E-state index in [-0.39, 0.29) is 0 Å². The van der Waals surface area contributed by atoms with Gasteiger partial charge in [-0.15, -0.1) is 0 Å².